The largest absolute Gasteiger partial charge is 0.478 e. The van der Waals surface area contributed by atoms with E-state index in [1.807, 2.05) is 6.92 Å². The SMILES string of the molecule is Cc1cc(C(=O)O)cc(S(=O)(=O)Nc2ccc(S(=O)(=O)N3CCCC(C)C3)cc2)c1C. The first-order chi connectivity index (χ1) is 14.4. The minimum absolute atomic E-state index is 0.101. The van der Waals surface area contributed by atoms with Crippen molar-refractivity contribution in [2.75, 3.05) is 17.8 Å². The third-order valence-corrected chi connectivity index (χ3v) is 8.91. The summed E-state index contributed by atoms with van der Waals surface area (Å²) in [7, 11) is -7.72. The summed E-state index contributed by atoms with van der Waals surface area (Å²) in [5.74, 6) is -0.927. The highest BCUT2D eigenvalue weighted by Crippen LogP contribution is 2.27. The molecule has 168 valence electrons. The molecule has 3 rings (SSSR count). The Morgan fingerprint density at radius 1 is 1.10 bits per heavy atom. The van der Waals surface area contributed by atoms with E-state index in [-0.39, 0.29) is 21.0 Å². The van der Waals surface area contributed by atoms with Crippen molar-refractivity contribution in [1.82, 2.24) is 4.31 Å². The van der Waals surface area contributed by atoms with Crippen LogP contribution in [0.4, 0.5) is 5.69 Å². The number of rotatable bonds is 6. The van der Waals surface area contributed by atoms with E-state index in [2.05, 4.69) is 4.72 Å². The van der Waals surface area contributed by atoms with Crippen LogP contribution in [0.1, 0.15) is 41.3 Å². The van der Waals surface area contributed by atoms with Crippen LogP contribution in [-0.2, 0) is 20.0 Å². The maximum absolute atomic E-state index is 12.9. The summed E-state index contributed by atoms with van der Waals surface area (Å²) in [5.41, 5.74) is 1.04. The number of carboxylic acids is 1. The molecule has 0 bridgehead atoms. The number of piperidine rings is 1. The van der Waals surface area contributed by atoms with E-state index in [1.165, 1.54) is 34.6 Å². The lowest BCUT2D eigenvalue weighted by molar-refractivity contribution is 0.0696. The fourth-order valence-corrected chi connectivity index (χ4v) is 6.65. The molecule has 0 radical (unpaired) electrons. The number of aryl methyl sites for hydroxylation is 1. The average molecular weight is 467 g/mol. The maximum Gasteiger partial charge on any atom is 0.335 e. The van der Waals surface area contributed by atoms with E-state index in [0.717, 1.165) is 18.9 Å². The van der Waals surface area contributed by atoms with Gasteiger partial charge >= 0.3 is 5.97 Å². The molecule has 1 saturated heterocycles. The van der Waals surface area contributed by atoms with Crippen molar-refractivity contribution in [2.24, 2.45) is 5.92 Å². The van der Waals surface area contributed by atoms with Crippen molar-refractivity contribution >= 4 is 31.7 Å². The van der Waals surface area contributed by atoms with E-state index in [0.29, 0.717) is 30.1 Å². The van der Waals surface area contributed by atoms with Gasteiger partial charge < -0.3 is 5.11 Å². The molecule has 1 aliphatic rings. The van der Waals surface area contributed by atoms with Crippen molar-refractivity contribution in [3.05, 3.63) is 53.1 Å². The van der Waals surface area contributed by atoms with Crippen LogP contribution in [-0.4, -0.2) is 45.3 Å². The number of hydrogen-bond acceptors (Lipinski definition) is 5. The highest BCUT2D eigenvalue weighted by atomic mass is 32.2. The van der Waals surface area contributed by atoms with Crippen molar-refractivity contribution < 1.29 is 26.7 Å². The second kappa shape index (κ2) is 8.60. The van der Waals surface area contributed by atoms with Crippen molar-refractivity contribution in [1.29, 1.82) is 0 Å². The number of sulfonamides is 2. The number of nitrogens with zero attached hydrogens (tertiary/aromatic N) is 1. The second-order valence-electron chi connectivity index (χ2n) is 7.96. The Morgan fingerprint density at radius 3 is 2.32 bits per heavy atom. The molecule has 1 aliphatic heterocycles. The van der Waals surface area contributed by atoms with Gasteiger partial charge in [0.05, 0.1) is 15.4 Å². The van der Waals surface area contributed by atoms with Crippen LogP contribution in [0.3, 0.4) is 0 Å². The van der Waals surface area contributed by atoms with Crippen molar-refractivity contribution in [3.8, 4) is 0 Å². The summed E-state index contributed by atoms with van der Waals surface area (Å²) in [4.78, 5) is 11.3. The highest BCUT2D eigenvalue weighted by molar-refractivity contribution is 7.92. The summed E-state index contributed by atoms with van der Waals surface area (Å²) in [6, 6.07) is 8.06. The van der Waals surface area contributed by atoms with Gasteiger partial charge in [-0.15, -0.1) is 0 Å². The van der Waals surface area contributed by atoms with Gasteiger partial charge in [0.2, 0.25) is 10.0 Å². The topological polar surface area (TPSA) is 121 Å². The fourth-order valence-electron chi connectivity index (χ4n) is 3.65. The molecule has 1 atom stereocenters. The zero-order valence-corrected chi connectivity index (χ0v) is 19.3. The Bertz CT molecular complexity index is 1210. The maximum atomic E-state index is 12.9. The zero-order valence-electron chi connectivity index (χ0n) is 17.6. The first-order valence-corrected chi connectivity index (χ1v) is 12.8. The minimum Gasteiger partial charge on any atom is -0.478 e. The molecule has 10 heteroatoms. The van der Waals surface area contributed by atoms with Gasteiger partial charge in [-0.25, -0.2) is 21.6 Å². The van der Waals surface area contributed by atoms with Gasteiger partial charge in [-0.1, -0.05) is 6.92 Å². The molecule has 0 saturated carbocycles. The summed E-state index contributed by atoms with van der Waals surface area (Å²) in [6.07, 6.45) is 1.81. The van der Waals surface area contributed by atoms with E-state index in [4.69, 9.17) is 0 Å². The van der Waals surface area contributed by atoms with E-state index >= 15 is 0 Å². The number of anilines is 1. The summed E-state index contributed by atoms with van der Waals surface area (Å²) >= 11 is 0. The summed E-state index contributed by atoms with van der Waals surface area (Å²) < 4.78 is 55.4. The lowest BCUT2D eigenvalue weighted by atomic mass is 10.0. The number of aromatic carboxylic acids is 1. The van der Waals surface area contributed by atoms with Gasteiger partial charge in [0, 0.05) is 18.8 Å². The molecule has 2 N–H and O–H groups in total. The molecule has 0 spiro atoms. The molecule has 2 aromatic carbocycles. The molecule has 1 unspecified atom stereocenters. The van der Waals surface area contributed by atoms with Crippen LogP contribution < -0.4 is 4.72 Å². The highest BCUT2D eigenvalue weighted by Gasteiger charge is 2.29. The predicted octanol–water partition coefficient (Wildman–Crippen LogP) is 3.22. The standard InChI is InChI=1S/C21H26N2O6S2/c1-14-5-4-10-23(13-14)31(28,29)19-8-6-18(7-9-19)22-30(26,27)20-12-17(21(24)25)11-15(2)16(20)3/h6-9,11-12,14,22H,4-5,10,13H2,1-3H3,(H,24,25). The Morgan fingerprint density at radius 2 is 1.74 bits per heavy atom. The number of benzene rings is 2. The Hall–Kier alpha value is -2.43. The normalized spacial score (nSPS) is 18.0. The van der Waals surface area contributed by atoms with Gasteiger partial charge in [-0.05, 0) is 80.1 Å². The van der Waals surface area contributed by atoms with Crippen LogP contribution in [0.2, 0.25) is 0 Å². The van der Waals surface area contributed by atoms with Crippen molar-refractivity contribution in [2.45, 2.75) is 43.4 Å². The summed E-state index contributed by atoms with van der Waals surface area (Å²) in [6.45, 7) is 6.20. The third kappa shape index (κ3) is 4.91. The van der Waals surface area contributed by atoms with E-state index < -0.39 is 26.0 Å². The molecule has 0 aliphatic carbocycles. The first-order valence-electron chi connectivity index (χ1n) is 9.89. The van der Waals surface area contributed by atoms with Gasteiger partial charge in [-0.2, -0.15) is 4.31 Å². The number of carbonyl (C=O) groups is 1. The molecule has 0 aromatic heterocycles. The van der Waals surface area contributed by atoms with Crippen LogP contribution >= 0.6 is 0 Å². The van der Waals surface area contributed by atoms with Gasteiger partial charge in [0.25, 0.3) is 10.0 Å². The molecule has 31 heavy (non-hydrogen) atoms. The van der Waals surface area contributed by atoms with Gasteiger partial charge in [-0.3, -0.25) is 4.72 Å². The lowest BCUT2D eigenvalue weighted by Gasteiger charge is -2.30. The Labute approximate surface area is 183 Å². The Balaban J connectivity index is 1.87. The molecule has 0 amide bonds. The van der Waals surface area contributed by atoms with E-state index in [9.17, 15) is 26.7 Å². The number of nitrogens with one attached hydrogen (secondary N) is 1. The quantitative estimate of drug-likeness (QED) is 0.674. The molecule has 2 aromatic rings. The number of carboxylic acid groups (broad SMARTS) is 1. The first kappa shape index (κ1) is 23.2. The number of hydrogen-bond donors (Lipinski definition) is 2. The van der Waals surface area contributed by atoms with Gasteiger partial charge in [0.1, 0.15) is 0 Å². The summed E-state index contributed by atoms with van der Waals surface area (Å²) in [5, 5.41) is 9.23. The van der Waals surface area contributed by atoms with Crippen LogP contribution in [0.5, 0.6) is 0 Å². The predicted molar refractivity (Wildman–Crippen MR) is 117 cm³/mol. The molecular formula is C21H26N2O6S2. The second-order valence-corrected chi connectivity index (χ2v) is 11.6. The van der Waals surface area contributed by atoms with Crippen LogP contribution in [0.15, 0.2) is 46.2 Å². The third-order valence-electron chi connectivity index (χ3n) is 5.52. The zero-order chi connectivity index (χ0) is 23.0. The van der Waals surface area contributed by atoms with Crippen LogP contribution in [0, 0.1) is 19.8 Å². The lowest BCUT2D eigenvalue weighted by Crippen LogP contribution is -2.39. The van der Waals surface area contributed by atoms with Crippen molar-refractivity contribution in [3.63, 3.8) is 0 Å². The smallest absolute Gasteiger partial charge is 0.335 e. The molecule has 1 fully saturated rings. The molecule has 1 heterocycles. The average Bonchev–Trinajstić information content (AvgIpc) is 2.69. The van der Waals surface area contributed by atoms with Crippen LogP contribution in [0.25, 0.3) is 0 Å². The van der Waals surface area contributed by atoms with E-state index in [1.54, 1.807) is 13.8 Å². The van der Waals surface area contributed by atoms with Gasteiger partial charge in [0.15, 0.2) is 0 Å². The molecule has 8 nitrogen and oxygen atoms in total. The minimum atomic E-state index is -4.07. The Kier molecular flexibility index (Phi) is 6.45. The fraction of sp³-hybridized carbons (Fsp3) is 0.381. The molecular weight excluding hydrogens is 440 g/mol. The monoisotopic (exact) mass is 466 g/mol.